The molecule has 0 atom stereocenters. The van der Waals surface area contributed by atoms with Gasteiger partial charge in [0, 0.05) is 16.8 Å². The number of benzene rings is 1. The van der Waals surface area contributed by atoms with Crippen molar-refractivity contribution in [1.82, 2.24) is 4.98 Å². The summed E-state index contributed by atoms with van der Waals surface area (Å²) in [4.78, 5) is 14.9. The summed E-state index contributed by atoms with van der Waals surface area (Å²) in [7, 11) is 0. The molecule has 88 valence electrons. The van der Waals surface area contributed by atoms with Crippen LogP contribution in [-0.2, 0) is 5.75 Å². The highest BCUT2D eigenvalue weighted by atomic mass is 32.2. The molecule has 0 N–H and O–H groups in total. The van der Waals surface area contributed by atoms with Crippen molar-refractivity contribution in [3.05, 3.63) is 46.5 Å². The quantitative estimate of drug-likeness (QED) is 0.794. The number of thioether (sulfide) groups is 1. The molecule has 1 aromatic heterocycles. The molecule has 0 saturated heterocycles. The standard InChI is InChI=1S/C12H11NO2S2/c1-8-6-16-12(13-8)17-7-9-2-4-10(5-3-9)11(14)15/h2-6H,7H2,1H3,(H,14,15)/p-1. The van der Waals surface area contributed by atoms with E-state index in [9.17, 15) is 9.90 Å². The fourth-order valence-corrected chi connectivity index (χ4v) is 3.09. The van der Waals surface area contributed by atoms with Gasteiger partial charge in [0.15, 0.2) is 0 Å². The Labute approximate surface area is 108 Å². The summed E-state index contributed by atoms with van der Waals surface area (Å²) < 4.78 is 1.03. The van der Waals surface area contributed by atoms with Crippen LogP contribution in [0.5, 0.6) is 0 Å². The zero-order valence-corrected chi connectivity index (χ0v) is 10.8. The fraction of sp³-hybridized carbons (Fsp3) is 0.167. The second-order valence-electron chi connectivity index (χ2n) is 3.53. The molecule has 0 radical (unpaired) electrons. The van der Waals surface area contributed by atoms with E-state index < -0.39 is 5.97 Å². The summed E-state index contributed by atoms with van der Waals surface area (Å²) in [5, 5.41) is 12.6. The van der Waals surface area contributed by atoms with Gasteiger partial charge in [0.25, 0.3) is 0 Å². The third-order valence-electron chi connectivity index (χ3n) is 2.15. The molecule has 0 aliphatic heterocycles. The number of carbonyl (C=O) groups excluding carboxylic acids is 1. The second-order valence-corrected chi connectivity index (χ2v) is 5.61. The zero-order chi connectivity index (χ0) is 12.3. The van der Waals surface area contributed by atoms with Crippen LogP contribution in [-0.4, -0.2) is 11.0 Å². The number of nitrogens with zero attached hydrogens (tertiary/aromatic N) is 1. The SMILES string of the molecule is Cc1csc(SCc2ccc(C(=O)[O-])cc2)n1. The third kappa shape index (κ3) is 3.31. The van der Waals surface area contributed by atoms with E-state index in [4.69, 9.17) is 0 Å². The molecule has 1 aromatic carbocycles. The first kappa shape index (κ1) is 12.1. The first-order valence-electron chi connectivity index (χ1n) is 5.00. The number of hydrogen-bond donors (Lipinski definition) is 0. The number of hydrogen-bond acceptors (Lipinski definition) is 5. The van der Waals surface area contributed by atoms with Gasteiger partial charge in [0.2, 0.25) is 0 Å². The van der Waals surface area contributed by atoms with Gasteiger partial charge in [0.1, 0.15) is 4.34 Å². The number of carboxylic acid groups (broad SMARTS) is 1. The van der Waals surface area contributed by atoms with Crippen LogP contribution >= 0.6 is 23.1 Å². The molecule has 0 bridgehead atoms. The minimum Gasteiger partial charge on any atom is -0.545 e. The smallest absolute Gasteiger partial charge is 0.150 e. The van der Waals surface area contributed by atoms with Crippen LogP contribution in [0.4, 0.5) is 0 Å². The molecule has 1 heterocycles. The van der Waals surface area contributed by atoms with Crippen molar-refractivity contribution < 1.29 is 9.90 Å². The average Bonchev–Trinajstić information content (AvgIpc) is 2.73. The maximum atomic E-state index is 10.6. The Hall–Kier alpha value is -1.33. The lowest BCUT2D eigenvalue weighted by Gasteiger charge is -2.03. The Bertz CT molecular complexity index is 520. The molecule has 0 aliphatic carbocycles. The highest BCUT2D eigenvalue weighted by Gasteiger charge is 2.01. The molecule has 0 spiro atoms. The van der Waals surface area contributed by atoms with Crippen LogP contribution in [0.25, 0.3) is 0 Å². The molecule has 3 nitrogen and oxygen atoms in total. The van der Waals surface area contributed by atoms with Gasteiger partial charge in [0.05, 0.1) is 5.97 Å². The zero-order valence-electron chi connectivity index (χ0n) is 9.17. The Balaban J connectivity index is 1.97. The van der Waals surface area contributed by atoms with E-state index in [0.29, 0.717) is 0 Å². The Morgan fingerprint density at radius 1 is 1.41 bits per heavy atom. The van der Waals surface area contributed by atoms with Crippen LogP contribution in [0.15, 0.2) is 34.0 Å². The number of aromatic carboxylic acids is 1. The molecule has 2 rings (SSSR count). The molecule has 17 heavy (non-hydrogen) atoms. The van der Waals surface area contributed by atoms with Crippen LogP contribution in [0.3, 0.4) is 0 Å². The van der Waals surface area contributed by atoms with Crippen LogP contribution in [0.1, 0.15) is 21.6 Å². The largest absolute Gasteiger partial charge is 0.545 e. The van der Waals surface area contributed by atoms with Gasteiger partial charge in [-0.1, -0.05) is 36.0 Å². The summed E-state index contributed by atoms with van der Waals surface area (Å²) >= 11 is 3.28. The van der Waals surface area contributed by atoms with Gasteiger partial charge in [-0.2, -0.15) is 0 Å². The molecular weight excluding hydrogens is 254 g/mol. The predicted molar refractivity (Wildman–Crippen MR) is 67.2 cm³/mol. The van der Waals surface area contributed by atoms with Crippen LogP contribution in [0, 0.1) is 6.92 Å². The number of thiazole rings is 1. The van der Waals surface area contributed by atoms with E-state index in [0.717, 1.165) is 21.3 Å². The normalized spacial score (nSPS) is 10.4. The van der Waals surface area contributed by atoms with Crippen molar-refractivity contribution in [2.24, 2.45) is 0 Å². The van der Waals surface area contributed by atoms with E-state index in [1.165, 1.54) is 0 Å². The lowest BCUT2D eigenvalue weighted by Crippen LogP contribution is -2.21. The molecular formula is C12H10NO2S2-. The van der Waals surface area contributed by atoms with Crippen molar-refractivity contribution in [2.45, 2.75) is 17.0 Å². The average molecular weight is 264 g/mol. The van der Waals surface area contributed by atoms with Crippen molar-refractivity contribution in [2.75, 3.05) is 0 Å². The van der Waals surface area contributed by atoms with Crippen molar-refractivity contribution in [3.63, 3.8) is 0 Å². The number of rotatable bonds is 4. The minimum absolute atomic E-state index is 0.212. The topological polar surface area (TPSA) is 53.0 Å². The molecule has 0 aliphatic rings. The lowest BCUT2D eigenvalue weighted by molar-refractivity contribution is -0.255. The number of aryl methyl sites for hydroxylation is 1. The maximum Gasteiger partial charge on any atom is 0.150 e. The maximum absolute atomic E-state index is 10.6. The minimum atomic E-state index is -1.14. The Kier molecular flexibility index (Phi) is 3.81. The monoisotopic (exact) mass is 264 g/mol. The summed E-state index contributed by atoms with van der Waals surface area (Å²) in [6.07, 6.45) is 0. The predicted octanol–water partition coefficient (Wildman–Crippen LogP) is 2.11. The molecule has 0 unspecified atom stereocenters. The van der Waals surface area contributed by atoms with Gasteiger partial charge in [-0.3, -0.25) is 0 Å². The summed E-state index contributed by atoms with van der Waals surface area (Å²) in [5.41, 5.74) is 2.32. The summed E-state index contributed by atoms with van der Waals surface area (Å²) in [6.45, 7) is 1.97. The first-order chi connectivity index (χ1) is 8.15. The van der Waals surface area contributed by atoms with Crippen molar-refractivity contribution in [1.29, 1.82) is 0 Å². The van der Waals surface area contributed by atoms with E-state index in [-0.39, 0.29) is 5.56 Å². The van der Waals surface area contributed by atoms with E-state index >= 15 is 0 Å². The number of aromatic nitrogens is 1. The second kappa shape index (κ2) is 5.33. The number of carboxylic acids is 1. The van der Waals surface area contributed by atoms with Gasteiger partial charge in [-0.05, 0) is 18.1 Å². The van der Waals surface area contributed by atoms with Gasteiger partial charge < -0.3 is 9.90 Å². The Morgan fingerprint density at radius 2 is 2.12 bits per heavy atom. The van der Waals surface area contributed by atoms with Gasteiger partial charge in [-0.25, -0.2) is 4.98 Å². The van der Waals surface area contributed by atoms with Crippen molar-refractivity contribution >= 4 is 29.1 Å². The first-order valence-corrected chi connectivity index (χ1v) is 6.87. The number of carbonyl (C=O) groups is 1. The fourth-order valence-electron chi connectivity index (χ4n) is 1.28. The van der Waals surface area contributed by atoms with Crippen LogP contribution < -0.4 is 5.11 Å². The van der Waals surface area contributed by atoms with Crippen LogP contribution in [0.2, 0.25) is 0 Å². The lowest BCUT2D eigenvalue weighted by atomic mass is 10.1. The summed E-state index contributed by atoms with van der Waals surface area (Å²) in [5.74, 6) is -0.347. The molecule has 0 fully saturated rings. The molecule has 0 saturated carbocycles. The summed E-state index contributed by atoms with van der Waals surface area (Å²) in [6, 6.07) is 6.74. The molecule has 5 heteroatoms. The molecule has 2 aromatic rings. The van der Waals surface area contributed by atoms with E-state index in [1.807, 2.05) is 12.3 Å². The van der Waals surface area contributed by atoms with Crippen molar-refractivity contribution in [3.8, 4) is 0 Å². The van der Waals surface area contributed by atoms with Gasteiger partial charge in [-0.15, -0.1) is 11.3 Å². The highest BCUT2D eigenvalue weighted by Crippen LogP contribution is 2.25. The highest BCUT2D eigenvalue weighted by molar-refractivity contribution is 8.00. The van der Waals surface area contributed by atoms with Gasteiger partial charge >= 0.3 is 0 Å². The Morgan fingerprint density at radius 3 is 2.65 bits per heavy atom. The van der Waals surface area contributed by atoms with E-state index in [1.54, 1.807) is 47.4 Å². The van der Waals surface area contributed by atoms with E-state index in [2.05, 4.69) is 4.98 Å². The molecule has 0 amide bonds. The third-order valence-corrected chi connectivity index (χ3v) is 4.36.